The van der Waals surface area contributed by atoms with E-state index in [1.165, 1.54) is 11.1 Å². The van der Waals surface area contributed by atoms with E-state index in [1.54, 1.807) is 18.9 Å². The normalized spacial score (nSPS) is 15.4. The summed E-state index contributed by atoms with van der Waals surface area (Å²) in [5.74, 6) is 2.08. The van der Waals surface area contributed by atoms with E-state index in [2.05, 4.69) is 57.1 Å². The van der Waals surface area contributed by atoms with Crippen molar-refractivity contribution in [3.8, 4) is 28.5 Å². The molecule has 2 N–H and O–H groups in total. The number of fused-ring (bicyclic) bond motifs is 1. The van der Waals surface area contributed by atoms with Crippen LogP contribution in [-0.2, 0) is 13.5 Å². The monoisotopic (exact) mass is 485 g/mol. The molecule has 5 rings (SSSR count). The van der Waals surface area contributed by atoms with E-state index in [0.717, 1.165) is 41.3 Å². The molecule has 4 aromatic rings. The summed E-state index contributed by atoms with van der Waals surface area (Å²) in [5, 5.41) is 11.5. The predicted molar refractivity (Wildman–Crippen MR) is 140 cm³/mol. The van der Waals surface area contributed by atoms with Gasteiger partial charge in [-0.25, -0.2) is 4.98 Å². The molecule has 0 aliphatic carbocycles. The van der Waals surface area contributed by atoms with Crippen molar-refractivity contribution in [1.29, 1.82) is 0 Å². The number of nitrogens with one attached hydrogen (secondary N) is 2. The summed E-state index contributed by atoms with van der Waals surface area (Å²) in [4.78, 5) is 4.62. The molecule has 2 aromatic carbocycles. The minimum Gasteiger partial charge on any atom is -0.493 e. The smallest absolute Gasteiger partial charge is 0.237 e. The fourth-order valence-electron chi connectivity index (χ4n) is 4.51. The van der Waals surface area contributed by atoms with Gasteiger partial charge in [0.05, 0.1) is 38.7 Å². The van der Waals surface area contributed by atoms with E-state index in [1.807, 2.05) is 43.8 Å². The Hall–Kier alpha value is -4.04. The Labute approximate surface area is 211 Å². The standard InChI is InChI=1S/C28H31N5O3/c1-33-18-22(16-32-33)21-14-23-28(31-15-21)36-26(17-30-23)27(20-7-5-4-6-8-20)29-12-11-19-9-10-24(34-2)25(13-19)35-3/h4-10,13-16,18,26-27,29-30H,11-12,17H2,1-3H3/t26-,27+/m0/s1. The van der Waals surface area contributed by atoms with Gasteiger partial charge in [-0.15, -0.1) is 0 Å². The molecular weight excluding hydrogens is 454 g/mol. The number of rotatable bonds is 9. The topological polar surface area (TPSA) is 82.5 Å². The van der Waals surface area contributed by atoms with E-state index < -0.39 is 0 Å². The van der Waals surface area contributed by atoms with Crippen LogP contribution >= 0.6 is 0 Å². The van der Waals surface area contributed by atoms with Crippen LogP contribution in [0.5, 0.6) is 17.4 Å². The Morgan fingerprint density at radius 1 is 1.06 bits per heavy atom. The third-order valence-electron chi connectivity index (χ3n) is 6.40. The first-order valence-electron chi connectivity index (χ1n) is 12.0. The van der Waals surface area contributed by atoms with Gasteiger partial charge in [-0.1, -0.05) is 36.4 Å². The molecule has 0 saturated carbocycles. The number of ether oxygens (including phenoxy) is 3. The largest absolute Gasteiger partial charge is 0.493 e. The van der Waals surface area contributed by atoms with Gasteiger partial charge in [-0.2, -0.15) is 5.10 Å². The SMILES string of the molecule is COc1ccc(CCN[C@H](c2ccccc2)[C@@H]2CNc3cc(-c4cnn(C)c4)cnc3O2)cc1OC. The van der Waals surface area contributed by atoms with Gasteiger partial charge in [0.25, 0.3) is 0 Å². The predicted octanol–water partition coefficient (Wildman–Crippen LogP) is 4.25. The van der Waals surface area contributed by atoms with Crippen molar-refractivity contribution in [2.24, 2.45) is 7.05 Å². The highest BCUT2D eigenvalue weighted by molar-refractivity contribution is 5.69. The molecule has 0 bridgehead atoms. The number of hydrogen-bond donors (Lipinski definition) is 2. The van der Waals surface area contributed by atoms with Crippen LogP contribution < -0.4 is 24.8 Å². The zero-order valence-electron chi connectivity index (χ0n) is 20.8. The zero-order chi connectivity index (χ0) is 24.9. The van der Waals surface area contributed by atoms with Gasteiger partial charge in [0.1, 0.15) is 6.10 Å². The molecule has 3 heterocycles. The molecule has 0 radical (unpaired) electrons. The number of pyridine rings is 1. The second-order valence-corrected chi connectivity index (χ2v) is 8.80. The first-order chi connectivity index (χ1) is 17.6. The van der Waals surface area contributed by atoms with Crippen LogP contribution in [0, 0.1) is 0 Å². The maximum absolute atomic E-state index is 6.42. The van der Waals surface area contributed by atoms with Crippen molar-refractivity contribution >= 4 is 5.69 Å². The number of aromatic nitrogens is 3. The fourth-order valence-corrected chi connectivity index (χ4v) is 4.51. The molecule has 0 unspecified atom stereocenters. The molecule has 2 atom stereocenters. The summed E-state index contributed by atoms with van der Waals surface area (Å²) in [7, 11) is 5.21. The molecule has 2 aromatic heterocycles. The van der Waals surface area contributed by atoms with Crippen LogP contribution in [0.1, 0.15) is 17.2 Å². The summed E-state index contributed by atoms with van der Waals surface area (Å²) in [6.45, 7) is 1.43. The number of nitrogens with zero attached hydrogens (tertiary/aromatic N) is 3. The van der Waals surface area contributed by atoms with Crippen LogP contribution in [-0.4, -0.2) is 48.2 Å². The van der Waals surface area contributed by atoms with Gasteiger partial charge in [0.2, 0.25) is 5.88 Å². The summed E-state index contributed by atoms with van der Waals surface area (Å²) in [6, 6.07) is 18.5. The van der Waals surface area contributed by atoms with Crippen LogP contribution in [0.15, 0.2) is 73.2 Å². The highest BCUT2D eigenvalue weighted by Crippen LogP contribution is 2.34. The molecule has 1 aliphatic rings. The van der Waals surface area contributed by atoms with Gasteiger partial charge in [0.15, 0.2) is 11.5 Å². The van der Waals surface area contributed by atoms with E-state index in [4.69, 9.17) is 14.2 Å². The number of anilines is 1. The summed E-state index contributed by atoms with van der Waals surface area (Å²) < 4.78 is 19.0. The maximum Gasteiger partial charge on any atom is 0.237 e. The molecule has 0 spiro atoms. The van der Waals surface area contributed by atoms with Gasteiger partial charge in [-0.3, -0.25) is 4.68 Å². The Kier molecular flexibility index (Phi) is 7.04. The lowest BCUT2D eigenvalue weighted by Gasteiger charge is -2.33. The van der Waals surface area contributed by atoms with Crippen LogP contribution in [0.3, 0.4) is 0 Å². The van der Waals surface area contributed by atoms with E-state index in [9.17, 15) is 0 Å². The molecule has 186 valence electrons. The highest BCUT2D eigenvalue weighted by Gasteiger charge is 2.29. The minimum absolute atomic E-state index is 0.00760. The summed E-state index contributed by atoms with van der Waals surface area (Å²) in [5.41, 5.74) is 5.26. The molecule has 1 aliphatic heterocycles. The molecule has 8 nitrogen and oxygen atoms in total. The lowest BCUT2D eigenvalue weighted by molar-refractivity contribution is 0.150. The molecule has 0 amide bonds. The van der Waals surface area contributed by atoms with Crippen molar-refractivity contribution in [2.75, 3.05) is 32.6 Å². The Morgan fingerprint density at radius 2 is 1.89 bits per heavy atom. The third kappa shape index (κ3) is 5.13. The average molecular weight is 486 g/mol. The van der Waals surface area contributed by atoms with Crippen molar-refractivity contribution < 1.29 is 14.2 Å². The number of hydrogen-bond acceptors (Lipinski definition) is 7. The maximum atomic E-state index is 6.42. The van der Waals surface area contributed by atoms with Crippen LogP contribution in [0.25, 0.3) is 11.1 Å². The van der Waals surface area contributed by atoms with Crippen molar-refractivity contribution in [3.63, 3.8) is 0 Å². The van der Waals surface area contributed by atoms with Gasteiger partial charge in [0, 0.05) is 30.6 Å². The van der Waals surface area contributed by atoms with E-state index in [0.29, 0.717) is 12.4 Å². The lowest BCUT2D eigenvalue weighted by Crippen LogP contribution is -2.43. The Balaban J connectivity index is 1.30. The minimum atomic E-state index is -0.123. The molecule has 8 heteroatoms. The van der Waals surface area contributed by atoms with Crippen LogP contribution in [0.4, 0.5) is 5.69 Å². The van der Waals surface area contributed by atoms with E-state index >= 15 is 0 Å². The van der Waals surface area contributed by atoms with Gasteiger partial charge < -0.3 is 24.8 Å². The Bertz CT molecular complexity index is 1310. The van der Waals surface area contributed by atoms with Gasteiger partial charge in [-0.05, 0) is 42.3 Å². The lowest BCUT2D eigenvalue weighted by atomic mass is 9.99. The number of methoxy groups -OCH3 is 2. The van der Waals surface area contributed by atoms with Crippen molar-refractivity contribution in [2.45, 2.75) is 18.6 Å². The van der Waals surface area contributed by atoms with Crippen LogP contribution in [0.2, 0.25) is 0 Å². The molecule has 36 heavy (non-hydrogen) atoms. The first kappa shape index (κ1) is 23.7. The number of benzene rings is 2. The fraction of sp³-hybridized carbons (Fsp3) is 0.286. The summed E-state index contributed by atoms with van der Waals surface area (Å²) >= 11 is 0. The highest BCUT2D eigenvalue weighted by atomic mass is 16.5. The average Bonchev–Trinajstić information content (AvgIpc) is 3.37. The first-order valence-corrected chi connectivity index (χ1v) is 12.0. The third-order valence-corrected chi connectivity index (χ3v) is 6.40. The van der Waals surface area contributed by atoms with E-state index in [-0.39, 0.29) is 12.1 Å². The van der Waals surface area contributed by atoms with Crippen molar-refractivity contribution in [1.82, 2.24) is 20.1 Å². The summed E-state index contributed by atoms with van der Waals surface area (Å²) in [6.07, 6.45) is 6.37. The second kappa shape index (κ2) is 10.7. The number of aryl methyl sites for hydroxylation is 1. The van der Waals surface area contributed by atoms with Gasteiger partial charge >= 0.3 is 0 Å². The second-order valence-electron chi connectivity index (χ2n) is 8.80. The molecule has 0 fully saturated rings. The quantitative estimate of drug-likeness (QED) is 0.367. The molecule has 0 saturated heterocycles. The zero-order valence-corrected chi connectivity index (χ0v) is 20.8. The Morgan fingerprint density at radius 3 is 2.64 bits per heavy atom. The van der Waals surface area contributed by atoms with Crippen molar-refractivity contribution in [3.05, 3.63) is 84.3 Å². The molecular formula is C28H31N5O3.